The molecule has 0 atom stereocenters. The second-order valence-electron chi connectivity index (χ2n) is 4.40. The summed E-state index contributed by atoms with van der Waals surface area (Å²) in [6.45, 7) is 2.60. The molecule has 0 unspecified atom stereocenters. The number of nitrogens with one attached hydrogen (secondary N) is 2. The monoisotopic (exact) mass is 308 g/mol. The van der Waals surface area contributed by atoms with E-state index in [1.165, 1.54) is 5.57 Å². The molecule has 96 valence electrons. The number of halogens is 1. The zero-order valence-electron chi connectivity index (χ0n) is 10.2. The van der Waals surface area contributed by atoms with Crippen LogP contribution in [0.2, 0.25) is 0 Å². The molecule has 1 amide bonds. The third-order valence-corrected chi connectivity index (χ3v) is 3.42. The molecule has 3 nitrogen and oxygen atoms in total. The molecule has 1 aromatic rings. The highest BCUT2D eigenvalue weighted by atomic mass is 79.9. The number of hydrogen-bond acceptors (Lipinski definition) is 2. The Labute approximate surface area is 116 Å². The van der Waals surface area contributed by atoms with Crippen LogP contribution in [0.3, 0.4) is 0 Å². The van der Waals surface area contributed by atoms with E-state index >= 15 is 0 Å². The fourth-order valence-electron chi connectivity index (χ4n) is 1.94. The SMILES string of the molecule is O=C(Cc1cccc(Br)c1)NCC1=CCNCC1. The van der Waals surface area contributed by atoms with Crippen molar-refractivity contribution in [1.29, 1.82) is 0 Å². The van der Waals surface area contributed by atoms with Crippen molar-refractivity contribution in [3.63, 3.8) is 0 Å². The highest BCUT2D eigenvalue weighted by Gasteiger charge is 2.06. The second kappa shape index (κ2) is 6.71. The molecule has 0 aromatic heterocycles. The van der Waals surface area contributed by atoms with Crippen molar-refractivity contribution < 1.29 is 4.79 Å². The van der Waals surface area contributed by atoms with Crippen LogP contribution in [0.15, 0.2) is 40.4 Å². The number of rotatable bonds is 4. The van der Waals surface area contributed by atoms with Gasteiger partial charge in [0.05, 0.1) is 6.42 Å². The van der Waals surface area contributed by atoms with E-state index in [9.17, 15) is 4.79 Å². The van der Waals surface area contributed by atoms with Crippen LogP contribution in [-0.4, -0.2) is 25.5 Å². The smallest absolute Gasteiger partial charge is 0.224 e. The predicted molar refractivity (Wildman–Crippen MR) is 76.4 cm³/mol. The first-order chi connectivity index (χ1) is 8.74. The van der Waals surface area contributed by atoms with E-state index < -0.39 is 0 Å². The lowest BCUT2D eigenvalue weighted by Crippen LogP contribution is -2.30. The van der Waals surface area contributed by atoms with Crippen molar-refractivity contribution in [1.82, 2.24) is 10.6 Å². The van der Waals surface area contributed by atoms with E-state index in [-0.39, 0.29) is 5.91 Å². The molecule has 0 saturated carbocycles. The first-order valence-corrected chi connectivity index (χ1v) is 6.93. The van der Waals surface area contributed by atoms with Crippen molar-refractivity contribution in [3.8, 4) is 0 Å². The molecule has 1 aliphatic rings. The van der Waals surface area contributed by atoms with Crippen LogP contribution in [-0.2, 0) is 11.2 Å². The molecule has 1 heterocycles. The minimum Gasteiger partial charge on any atom is -0.352 e. The molecule has 0 saturated heterocycles. The lowest BCUT2D eigenvalue weighted by molar-refractivity contribution is -0.120. The summed E-state index contributed by atoms with van der Waals surface area (Å²) in [5, 5.41) is 6.22. The van der Waals surface area contributed by atoms with Crippen molar-refractivity contribution >= 4 is 21.8 Å². The number of carbonyl (C=O) groups is 1. The molecule has 0 fully saturated rings. The Morgan fingerprint density at radius 1 is 1.44 bits per heavy atom. The Balaban J connectivity index is 1.80. The standard InChI is InChI=1S/C14H17BrN2O/c15-13-3-1-2-12(8-13)9-14(18)17-10-11-4-6-16-7-5-11/h1-4,8,16H,5-7,9-10H2,(H,17,18). The van der Waals surface area contributed by atoms with Crippen LogP contribution in [0.25, 0.3) is 0 Å². The maximum Gasteiger partial charge on any atom is 0.224 e. The van der Waals surface area contributed by atoms with Crippen LogP contribution < -0.4 is 10.6 Å². The molecule has 4 heteroatoms. The van der Waals surface area contributed by atoms with Gasteiger partial charge in [0.15, 0.2) is 0 Å². The average molecular weight is 309 g/mol. The Morgan fingerprint density at radius 3 is 3.06 bits per heavy atom. The van der Waals surface area contributed by atoms with Crippen molar-refractivity contribution in [2.24, 2.45) is 0 Å². The number of amides is 1. The maximum absolute atomic E-state index is 11.8. The molecular formula is C14H17BrN2O. The van der Waals surface area contributed by atoms with Gasteiger partial charge >= 0.3 is 0 Å². The minimum atomic E-state index is 0.0764. The number of benzene rings is 1. The fraction of sp³-hybridized carbons (Fsp3) is 0.357. The summed E-state index contributed by atoms with van der Waals surface area (Å²) in [5.74, 6) is 0.0764. The summed E-state index contributed by atoms with van der Waals surface area (Å²) in [6.07, 6.45) is 3.62. The van der Waals surface area contributed by atoms with Gasteiger partial charge in [-0.3, -0.25) is 4.79 Å². The Hall–Kier alpha value is -1.13. The third-order valence-electron chi connectivity index (χ3n) is 2.92. The molecule has 2 N–H and O–H groups in total. The Kier molecular flexibility index (Phi) is 4.96. The van der Waals surface area contributed by atoms with Crippen LogP contribution in [0, 0.1) is 0 Å². The summed E-state index contributed by atoms with van der Waals surface area (Å²) in [7, 11) is 0. The van der Waals surface area contributed by atoms with Gasteiger partial charge < -0.3 is 10.6 Å². The second-order valence-corrected chi connectivity index (χ2v) is 5.32. The molecule has 1 aliphatic heterocycles. The van der Waals surface area contributed by atoms with E-state index in [4.69, 9.17) is 0 Å². The molecule has 0 radical (unpaired) electrons. The van der Waals surface area contributed by atoms with Gasteiger partial charge in [-0.25, -0.2) is 0 Å². The molecule has 18 heavy (non-hydrogen) atoms. The number of carbonyl (C=O) groups excluding carboxylic acids is 1. The summed E-state index contributed by atoms with van der Waals surface area (Å²) < 4.78 is 1.01. The highest BCUT2D eigenvalue weighted by Crippen LogP contribution is 2.12. The molecule has 0 aliphatic carbocycles. The van der Waals surface area contributed by atoms with E-state index in [0.29, 0.717) is 13.0 Å². The Morgan fingerprint density at radius 2 is 2.33 bits per heavy atom. The lowest BCUT2D eigenvalue weighted by Gasteiger charge is -2.14. The fourth-order valence-corrected chi connectivity index (χ4v) is 2.38. The molecule has 0 bridgehead atoms. The summed E-state index contributed by atoms with van der Waals surface area (Å²) in [4.78, 5) is 11.8. The van der Waals surface area contributed by atoms with E-state index in [0.717, 1.165) is 29.5 Å². The quantitative estimate of drug-likeness (QED) is 0.836. The van der Waals surface area contributed by atoms with Crippen molar-refractivity contribution in [3.05, 3.63) is 46.0 Å². The van der Waals surface area contributed by atoms with Crippen LogP contribution in [0.5, 0.6) is 0 Å². The van der Waals surface area contributed by atoms with Gasteiger partial charge in [-0.15, -0.1) is 0 Å². The van der Waals surface area contributed by atoms with E-state index in [2.05, 4.69) is 32.6 Å². The van der Waals surface area contributed by atoms with E-state index in [1.807, 2.05) is 24.3 Å². The number of hydrogen-bond donors (Lipinski definition) is 2. The summed E-state index contributed by atoms with van der Waals surface area (Å²) >= 11 is 3.41. The third kappa shape index (κ3) is 4.27. The Bertz CT molecular complexity index is 457. The largest absolute Gasteiger partial charge is 0.352 e. The predicted octanol–water partition coefficient (Wildman–Crippen LogP) is 2.03. The topological polar surface area (TPSA) is 41.1 Å². The normalized spacial score (nSPS) is 15.1. The van der Waals surface area contributed by atoms with Crippen LogP contribution >= 0.6 is 15.9 Å². The zero-order chi connectivity index (χ0) is 12.8. The summed E-state index contributed by atoms with van der Waals surface area (Å²) in [6, 6.07) is 7.85. The highest BCUT2D eigenvalue weighted by molar-refractivity contribution is 9.10. The van der Waals surface area contributed by atoms with Crippen molar-refractivity contribution in [2.75, 3.05) is 19.6 Å². The van der Waals surface area contributed by atoms with Gasteiger partial charge in [0.1, 0.15) is 0 Å². The molecule has 2 rings (SSSR count). The van der Waals surface area contributed by atoms with Gasteiger partial charge in [0.25, 0.3) is 0 Å². The zero-order valence-corrected chi connectivity index (χ0v) is 11.8. The maximum atomic E-state index is 11.8. The van der Waals surface area contributed by atoms with Gasteiger partial charge in [0.2, 0.25) is 5.91 Å². The van der Waals surface area contributed by atoms with Crippen LogP contribution in [0.4, 0.5) is 0 Å². The first kappa shape index (κ1) is 13.3. The van der Waals surface area contributed by atoms with E-state index in [1.54, 1.807) is 0 Å². The first-order valence-electron chi connectivity index (χ1n) is 6.14. The molecule has 1 aromatic carbocycles. The van der Waals surface area contributed by atoms with Crippen LogP contribution in [0.1, 0.15) is 12.0 Å². The van der Waals surface area contributed by atoms with Gasteiger partial charge in [-0.2, -0.15) is 0 Å². The average Bonchev–Trinajstić information content (AvgIpc) is 2.38. The molecular weight excluding hydrogens is 292 g/mol. The molecule has 0 spiro atoms. The summed E-state index contributed by atoms with van der Waals surface area (Å²) in [5.41, 5.74) is 2.34. The minimum absolute atomic E-state index is 0.0764. The van der Waals surface area contributed by atoms with Crippen molar-refractivity contribution in [2.45, 2.75) is 12.8 Å². The van der Waals surface area contributed by atoms with Gasteiger partial charge in [-0.1, -0.05) is 39.7 Å². The van der Waals surface area contributed by atoms with Gasteiger partial charge in [-0.05, 0) is 30.7 Å². The van der Waals surface area contributed by atoms with Gasteiger partial charge in [0, 0.05) is 17.6 Å². The lowest BCUT2D eigenvalue weighted by atomic mass is 10.1.